The summed E-state index contributed by atoms with van der Waals surface area (Å²) in [5.41, 5.74) is 2.77. The van der Waals surface area contributed by atoms with Gasteiger partial charge in [0.05, 0.1) is 26.5 Å². The largest absolute Gasteiger partial charge is 0.493 e. The van der Waals surface area contributed by atoms with Gasteiger partial charge in [-0.25, -0.2) is 4.98 Å². The molecule has 7 nitrogen and oxygen atoms in total. The van der Waals surface area contributed by atoms with Crippen molar-refractivity contribution in [3.8, 4) is 11.5 Å². The Balaban J connectivity index is 1.80. The molecule has 8 heteroatoms. The number of ether oxygens (including phenoxy) is 2. The van der Waals surface area contributed by atoms with Crippen LogP contribution in [-0.4, -0.2) is 25.1 Å². The number of benzene rings is 1. The van der Waals surface area contributed by atoms with E-state index in [0.717, 1.165) is 38.9 Å². The summed E-state index contributed by atoms with van der Waals surface area (Å²) in [6, 6.07) is 16.8. The van der Waals surface area contributed by atoms with Gasteiger partial charge in [0, 0.05) is 16.1 Å². The van der Waals surface area contributed by atoms with Gasteiger partial charge >= 0.3 is 0 Å². The molecular weight excluding hydrogens is 450 g/mol. The van der Waals surface area contributed by atoms with Crippen LogP contribution in [-0.2, 0) is 6.42 Å². The SMILES string of the molecule is CCc1cc([C@@H](Nc2cccc(C)n2)c2ccc(OC)c(OC)c2)c(NC(=O)c2ccco2)s1. The minimum Gasteiger partial charge on any atom is -0.493 e. The summed E-state index contributed by atoms with van der Waals surface area (Å²) in [7, 11) is 3.22. The van der Waals surface area contributed by atoms with Crippen molar-refractivity contribution in [2.75, 3.05) is 24.9 Å². The van der Waals surface area contributed by atoms with Crippen molar-refractivity contribution in [2.45, 2.75) is 26.3 Å². The topological polar surface area (TPSA) is 85.6 Å². The van der Waals surface area contributed by atoms with Crippen LogP contribution in [0, 0.1) is 6.92 Å². The second-order valence-corrected chi connectivity index (χ2v) is 8.77. The summed E-state index contributed by atoms with van der Waals surface area (Å²) in [4.78, 5) is 18.6. The minimum absolute atomic E-state index is 0.258. The number of pyridine rings is 1. The van der Waals surface area contributed by atoms with Gasteiger partial charge in [0.2, 0.25) is 0 Å². The number of nitrogens with one attached hydrogen (secondary N) is 2. The number of amides is 1. The first-order chi connectivity index (χ1) is 16.5. The Hall–Kier alpha value is -3.78. The third-order valence-corrected chi connectivity index (χ3v) is 6.58. The van der Waals surface area contributed by atoms with Crippen molar-refractivity contribution in [3.05, 3.63) is 88.3 Å². The quantitative estimate of drug-likeness (QED) is 0.304. The molecule has 1 atom stereocenters. The number of hydrogen-bond donors (Lipinski definition) is 2. The average Bonchev–Trinajstić information content (AvgIpc) is 3.52. The first-order valence-corrected chi connectivity index (χ1v) is 11.7. The summed E-state index contributed by atoms with van der Waals surface area (Å²) in [6.07, 6.45) is 2.33. The molecular formula is C26H27N3O4S. The smallest absolute Gasteiger partial charge is 0.291 e. The third-order valence-electron chi connectivity index (χ3n) is 5.36. The summed E-state index contributed by atoms with van der Waals surface area (Å²) < 4.78 is 16.3. The Morgan fingerprint density at radius 3 is 2.59 bits per heavy atom. The lowest BCUT2D eigenvalue weighted by Crippen LogP contribution is -2.17. The van der Waals surface area contributed by atoms with E-state index in [-0.39, 0.29) is 17.7 Å². The Morgan fingerprint density at radius 1 is 1.09 bits per heavy atom. The van der Waals surface area contributed by atoms with Crippen LogP contribution in [0.15, 0.2) is 65.3 Å². The molecule has 0 spiro atoms. The van der Waals surface area contributed by atoms with Gasteiger partial charge in [-0.1, -0.05) is 19.1 Å². The van der Waals surface area contributed by atoms with Gasteiger partial charge in [0.1, 0.15) is 10.8 Å². The Bertz CT molecular complexity index is 1270. The van der Waals surface area contributed by atoms with Gasteiger partial charge in [-0.05, 0) is 61.4 Å². The number of furan rings is 1. The van der Waals surface area contributed by atoms with Gasteiger partial charge in [-0.15, -0.1) is 11.3 Å². The van der Waals surface area contributed by atoms with E-state index < -0.39 is 0 Å². The molecule has 3 aromatic heterocycles. The number of aryl methyl sites for hydroxylation is 2. The molecule has 0 aliphatic rings. The lowest BCUT2D eigenvalue weighted by Gasteiger charge is -2.22. The molecule has 0 bridgehead atoms. The molecule has 0 saturated heterocycles. The van der Waals surface area contributed by atoms with E-state index in [4.69, 9.17) is 13.9 Å². The fourth-order valence-electron chi connectivity index (χ4n) is 3.66. The number of carbonyl (C=O) groups is 1. The zero-order valence-corrected chi connectivity index (χ0v) is 20.4. The number of rotatable bonds is 9. The van der Waals surface area contributed by atoms with Crippen LogP contribution in [0.25, 0.3) is 0 Å². The first-order valence-electron chi connectivity index (χ1n) is 10.9. The van der Waals surface area contributed by atoms with E-state index in [1.165, 1.54) is 6.26 Å². The maximum absolute atomic E-state index is 12.8. The van der Waals surface area contributed by atoms with Crippen LogP contribution in [0.4, 0.5) is 10.8 Å². The highest BCUT2D eigenvalue weighted by atomic mass is 32.1. The van der Waals surface area contributed by atoms with E-state index in [2.05, 4.69) is 28.6 Å². The monoisotopic (exact) mass is 477 g/mol. The number of carbonyl (C=O) groups excluding carboxylic acids is 1. The fourth-order valence-corrected chi connectivity index (χ4v) is 4.69. The van der Waals surface area contributed by atoms with Gasteiger partial charge < -0.3 is 24.5 Å². The number of anilines is 2. The van der Waals surface area contributed by atoms with Crippen molar-refractivity contribution in [2.24, 2.45) is 0 Å². The molecule has 0 unspecified atom stereocenters. The average molecular weight is 478 g/mol. The number of thiophene rings is 1. The van der Waals surface area contributed by atoms with E-state index in [0.29, 0.717) is 11.5 Å². The first kappa shape index (κ1) is 23.4. The molecule has 0 aliphatic heterocycles. The maximum Gasteiger partial charge on any atom is 0.291 e. The van der Waals surface area contributed by atoms with Crippen LogP contribution in [0.2, 0.25) is 0 Å². The molecule has 1 amide bonds. The zero-order valence-electron chi connectivity index (χ0n) is 19.5. The standard InChI is InChI=1S/C26H27N3O4S/c1-5-18-15-19(26(34-18)29-25(30)21-9-7-13-33-21)24(28-23-10-6-8-16(2)27-23)17-11-12-20(31-3)22(14-17)32-4/h6-15,24H,5H2,1-4H3,(H,27,28)(H,29,30)/t24-/m0/s1. The van der Waals surface area contributed by atoms with Crippen molar-refractivity contribution in [1.82, 2.24) is 4.98 Å². The van der Waals surface area contributed by atoms with Crippen molar-refractivity contribution in [1.29, 1.82) is 0 Å². The second-order valence-electron chi connectivity index (χ2n) is 7.64. The van der Waals surface area contributed by atoms with E-state index in [1.54, 1.807) is 37.7 Å². The summed E-state index contributed by atoms with van der Waals surface area (Å²) in [5, 5.41) is 7.34. The van der Waals surface area contributed by atoms with Crippen LogP contribution in [0.3, 0.4) is 0 Å². The highest BCUT2D eigenvalue weighted by Gasteiger charge is 2.24. The van der Waals surface area contributed by atoms with E-state index in [1.807, 2.05) is 43.3 Å². The maximum atomic E-state index is 12.8. The number of methoxy groups -OCH3 is 2. The number of hydrogen-bond acceptors (Lipinski definition) is 7. The minimum atomic E-state index is -0.308. The normalized spacial score (nSPS) is 11.6. The molecule has 34 heavy (non-hydrogen) atoms. The molecule has 4 rings (SSSR count). The highest BCUT2D eigenvalue weighted by Crippen LogP contribution is 2.40. The van der Waals surface area contributed by atoms with Crippen molar-refractivity contribution >= 4 is 28.1 Å². The molecule has 0 radical (unpaired) electrons. The van der Waals surface area contributed by atoms with Crippen LogP contribution in [0.5, 0.6) is 11.5 Å². The van der Waals surface area contributed by atoms with Crippen LogP contribution in [0.1, 0.15) is 45.2 Å². The Morgan fingerprint density at radius 2 is 1.91 bits per heavy atom. The van der Waals surface area contributed by atoms with E-state index >= 15 is 0 Å². The van der Waals surface area contributed by atoms with E-state index in [9.17, 15) is 4.79 Å². The Labute approximate surface area is 202 Å². The predicted octanol–water partition coefficient (Wildman–Crippen LogP) is 6.08. The second kappa shape index (κ2) is 10.4. The molecule has 0 saturated carbocycles. The molecule has 2 N–H and O–H groups in total. The van der Waals surface area contributed by atoms with Crippen LogP contribution < -0.4 is 20.1 Å². The molecule has 4 aromatic rings. The van der Waals surface area contributed by atoms with Gasteiger partial charge in [-0.2, -0.15) is 0 Å². The summed E-state index contributed by atoms with van der Waals surface area (Å²) in [6.45, 7) is 4.04. The highest BCUT2D eigenvalue weighted by molar-refractivity contribution is 7.16. The van der Waals surface area contributed by atoms with Gasteiger partial charge in [0.25, 0.3) is 5.91 Å². The van der Waals surface area contributed by atoms with Crippen molar-refractivity contribution < 1.29 is 18.7 Å². The molecule has 176 valence electrons. The summed E-state index contributed by atoms with van der Waals surface area (Å²) >= 11 is 1.55. The number of nitrogens with zero attached hydrogens (tertiary/aromatic N) is 1. The zero-order chi connectivity index (χ0) is 24.1. The number of aromatic nitrogens is 1. The third kappa shape index (κ3) is 5.07. The van der Waals surface area contributed by atoms with Crippen molar-refractivity contribution in [3.63, 3.8) is 0 Å². The molecule has 0 aliphatic carbocycles. The predicted molar refractivity (Wildman–Crippen MR) is 134 cm³/mol. The van der Waals surface area contributed by atoms with Gasteiger partial charge in [-0.3, -0.25) is 4.79 Å². The Kier molecular flexibility index (Phi) is 7.18. The lowest BCUT2D eigenvalue weighted by atomic mass is 9.99. The molecule has 0 fully saturated rings. The fraction of sp³-hybridized carbons (Fsp3) is 0.231. The van der Waals surface area contributed by atoms with Crippen LogP contribution >= 0.6 is 11.3 Å². The lowest BCUT2D eigenvalue weighted by molar-refractivity contribution is 0.0997. The summed E-state index contributed by atoms with van der Waals surface area (Å²) in [5.74, 6) is 1.96. The molecule has 3 heterocycles. The molecule has 1 aromatic carbocycles. The van der Waals surface area contributed by atoms with Gasteiger partial charge in [0.15, 0.2) is 17.3 Å².